The number of hydrogen-bond donors (Lipinski definition) is 1. The van der Waals surface area contributed by atoms with Crippen LogP contribution >= 0.6 is 0 Å². The summed E-state index contributed by atoms with van der Waals surface area (Å²) in [7, 11) is -4.01. The zero-order valence-corrected chi connectivity index (χ0v) is 14.3. The van der Waals surface area contributed by atoms with Crippen molar-refractivity contribution in [3.8, 4) is 0 Å². The molecule has 0 saturated carbocycles. The summed E-state index contributed by atoms with van der Waals surface area (Å²) >= 11 is 0. The van der Waals surface area contributed by atoms with Crippen LogP contribution < -0.4 is 5.32 Å². The molecule has 25 heavy (non-hydrogen) atoms. The second kappa shape index (κ2) is 7.26. The quantitative estimate of drug-likeness (QED) is 0.822. The van der Waals surface area contributed by atoms with Crippen LogP contribution in [0.15, 0.2) is 47.4 Å². The first-order valence-corrected chi connectivity index (χ1v) is 8.92. The smallest absolute Gasteiger partial charge is 0.238 e. The molecule has 1 amide bonds. The van der Waals surface area contributed by atoms with E-state index in [1.807, 2.05) is 0 Å². The molecule has 134 valence electrons. The molecule has 1 N–H and O–H groups in total. The van der Waals surface area contributed by atoms with Gasteiger partial charge in [-0.15, -0.1) is 0 Å². The van der Waals surface area contributed by atoms with E-state index in [2.05, 4.69) is 5.32 Å². The maximum absolute atomic E-state index is 13.3. The van der Waals surface area contributed by atoms with Crippen molar-refractivity contribution in [3.05, 3.63) is 65.5 Å². The van der Waals surface area contributed by atoms with Crippen molar-refractivity contribution in [3.63, 3.8) is 0 Å². The molecule has 0 saturated heterocycles. The van der Waals surface area contributed by atoms with Gasteiger partial charge in [-0.2, -0.15) is 0 Å². The maximum Gasteiger partial charge on any atom is 0.238 e. The van der Waals surface area contributed by atoms with E-state index in [1.54, 1.807) is 0 Å². The van der Waals surface area contributed by atoms with Crippen molar-refractivity contribution in [1.29, 1.82) is 0 Å². The van der Waals surface area contributed by atoms with Crippen LogP contribution in [0.5, 0.6) is 0 Å². The summed E-state index contributed by atoms with van der Waals surface area (Å²) in [6, 6.07) is 6.55. The highest BCUT2D eigenvalue weighted by molar-refractivity contribution is 7.92. The standard InChI is InChI=1S/C17H16F3NO3S/c1-10(12-3-8-15(19)16(20)9-12)21-17(22)11(2)25(23,24)14-6-4-13(18)5-7-14/h3-11H,1-2H3,(H,21,22)/t10-,11-/m1/s1. The van der Waals surface area contributed by atoms with E-state index >= 15 is 0 Å². The van der Waals surface area contributed by atoms with Crippen LogP contribution in [0, 0.1) is 17.5 Å². The van der Waals surface area contributed by atoms with Gasteiger partial charge in [0.2, 0.25) is 5.91 Å². The molecule has 2 aromatic rings. The van der Waals surface area contributed by atoms with Gasteiger partial charge >= 0.3 is 0 Å². The Hall–Kier alpha value is -2.35. The highest BCUT2D eigenvalue weighted by Gasteiger charge is 2.30. The van der Waals surface area contributed by atoms with Gasteiger partial charge in [-0.25, -0.2) is 21.6 Å². The van der Waals surface area contributed by atoms with E-state index < -0.39 is 44.5 Å². The zero-order valence-electron chi connectivity index (χ0n) is 13.5. The fourth-order valence-electron chi connectivity index (χ4n) is 2.17. The van der Waals surface area contributed by atoms with Crippen molar-refractivity contribution in [2.45, 2.75) is 30.0 Å². The summed E-state index contributed by atoms with van der Waals surface area (Å²) in [5.74, 6) is -3.48. The monoisotopic (exact) mass is 371 g/mol. The van der Waals surface area contributed by atoms with Gasteiger partial charge in [-0.1, -0.05) is 6.07 Å². The third kappa shape index (κ3) is 4.19. The van der Waals surface area contributed by atoms with Crippen LogP contribution in [0.4, 0.5) is 13.2 Å². The van der Waals surface area contributed by atoms with E-state index in [1.165, 1.54) is 19.9 Å². The van der Waals surface area contributed by atoms with E-state index in [0.717, 1.165) is 36.4 Å². The van der Waals surface area contributed by atoms with Gasteiger partial charge in [-0.3, -0.25) is 4.79 Å². The predicted molar refractivity (Wildman–Crippen MR) is 86.0 cm³/mol. The summed E-state index contributed by atoms with van der Waals surface area (Å²) in [5, 5.41) is 1.01. The molecule has 2 atom stereocenters. The average molecular weight is 371 g/mol. The Morgan fingerprint density at radius 2 is 1.56 bits per heavy atom. The molecule has 0 spiro atoms. The first kappa shape index (κ1) is 19.0. The maximum atomic E-state index is 13.3. The number of rotatable bonds is 5. The molecular formula is C17H16F3NO3S. The van der Waals surface area contributed by atoms with Gasteiger partial charge in [0.1, 0.15) is 11.1 Å². The average Bonchev–Trinajstić information content (AvgIpc) is 2.56. The van der Waals surface area contributed by atoms with E-state index in [4.69, 9.17) is 0 Å². The third-order valence-corrected chi connectivity index (χ3v) is 5.85. The Bertz CT molecular complexity index is 883. The van der Waals surface area contributed by atoms with Crippen molar-refractivity contribution in [1.82, 2.24) is 5.32 Å². The van der Waals surface area contributed by atoms with Gasteiger partial charge < -0.3 is 5.32 Å². The molecule has 2 aromatic carbocycles. The number of hydrogen-bond acceptors (Lipinski definition) is 3. The lowest BCUT2D eigenvalue weighted by atomic mass is 10.1. The summed E-state index contributed by atoms with van der Waals surface area (Å²) in [6.45, 7) is 2.72. The topological polar surface area (TPSA) is 63.2 Å². The first-order valence-electron chi connectivity index (χ1n) is 7.37. The van der Waals surface area contributed by atoms with Crippen molar-refractivity contribution in [2.75, 3.05) is 0 Å². The minimum Gasteiger partial charge on any atom is -0.348 e. The third-order valence-electron chi connectivity index (χ3n) is 3.78. The number of sulfone groups is 1. The number of carbonyl (C=O) groups is 1. The van der Waals surface area contributed by atoms with Gasteiger partial charge in [0.15, 0.2) is 21.5 Å². The Morgan fingerprint density at radius 3 is 2.12 bits per heavy atom. The molecular weight excluding hydrogens is 355 g/mol. The van der Waals surface area contributed by atoms with E-state index in [-0.39, 0.29) is 4.90 Å². The van der Waals surface area contributed by atoms with Gasteiger partial charge in [0, 0.05) is 0 Å². The van der Waals surface area contributed by atoms with Gasteiger partial charge in [0.05, 0.1) is 10.9 Å². The number of benzene rings is 2. The molecule has 0 unspecified atom stereocenters. The summed E-state index contributed by atoms with van der Waals surface area (Å²) in [4.78, 5) is 12.1. The number of carbonyl (C=O) groups excluding carboxylic acids is 1. The Balaban J connectivity index is 2.16. The number of amides is 1. The van der Waals surface area contributed by atoms with Crippen molar-refractivity contribution < 1.29 is 26.4 Å². The van der Waals surface area contributed by atoms with Crippen LogP contribution in [-0.2, 0) is 14.6 Å². The highest BCUT2D eigenvalue weighted by atomic mass is 32.2. The lowest BCUT2D eigenvalue weighted by Crippen LogP contribution is -2.39. The summed E-state index contributed by atoms with van der Waals surface area (Å²) < 4.78 is 64.0. The molecule has 0 heterocycles. The van der Waals surface area contributed by atoms with E-state index in [9.17, 15) is 26.4 Å². The van der Waals surface area contributed by atoms with Crippen LogP contribution in [0.25, 0.3) is 0 Å². The zero-order chi connectivity index (χ0) is 18.8. The SMILES string of the molecule is C[C@H](C(=O)N[C@H](C)c1ccc(F)c(F)c1)S(=O)(=O)c1ccc(F)cc1. The largest absolute Gasteiger partial charge is 0.348 e. The molecule has 0 aliphatic carbocycles. The molecule has 2 rings (SSSR count). The minimum absolute atomic E-state index is 0.183. The Kier molecular flexibility index (Phi) is 5.52. The predicted octanol–water partition coefficient (Wildman–Crippen LogP) is 3.14. The Morgan fingerprint density at radius 1 is 0.960 bits per heavy atom. The molecule has 0 bridgehead atoms. The first-order chi connectivity index (χ1) is 11.6. The van der Waals surface area contributed by atoms with Crippen LogP contribution in [0.2, 0.25) is 0 Å². The second-order valence-corrected chi connectivity index (χ2v) is 7.81. The van der Waals surface area contributed by atoms with E-state index in [0.29, 0.717) is 5.56 Å². The molecule has 0 aromatic heterocycles. The van der Waals surface area contributed by atoms with Gasteiger partial charge in [0.25, 0.3) is 0 Å². The highest BCUT2D eigenvalue weighted by Crippen LogP contribution is 2.19. The van der Waals surface area contributed by atoms with Crippen molar-refractivity contribution in [2.24, 2.45) is 0 Å². The lowest BCUT2D eigenvalue weighted by molar-refractivity contribution is -0.121. The molecule has 0 aliphatic heterocycles. The molecule has 4 nitrogen and oxygen atoms in total. The van der Waals surface area contributed by atoms with Crippen LogP contribution in [0.3, 0.4) is 0 Å². The molecule has 0 radical (unpaired) electrons. The fraction of sp³-hybridized carbons (Fsp3) is 0.235. The summed E-state index contributed by atoms with van der Waals surface area (Å²) in [5.41, 5.74) is 0.290. The second-order valence-electron chi connectivity index (χ2n) is 5.54. The number of nitrogens with one attached hydrogen (secondary N) is 1. The number of halogens is 3. The van der Waals surface area contributed by atoms with Crippen LogP contribution in [-0.4, -0.2) is 19.6 Å². The van der Waals surface area contributed by atoms with Crippen LogP contribution in [0.1, 0.15) is 25.5 Å². The van der Waals surface area contributed by atoms with Gasteiger partial charge in [-0.05, 0) is 55.8 Å². The van der Waals surface area contributed by atoms with Crippen molar-refractivity contribution >= 4 is 15.7 Å². The fourth-order valence-corrected chi connectivity index (χ4v) is 3.44. The minimum atomic E-state index is -4.01. The molecule has 0 fully saturated rings. The lowest BCUT2D eigenvalue weighted by Gasteiger charge is -2.18. The summed E-state index contributed by atoms with van der Waals surface area (Å²) in [6.07, 6.45) is 0. The normalized spacial score (nSPS) is 14.0. The molecule has 0 aliphatic rings. The Labute approximate surface area is 143 Å². The molecule has 8 heteroatoms.